The zero-order valence-corrected chi connectivity index (χ0v) is 29.1. The molecule has 0 bridgehead atoms. The lowest BCUT2D eigenvalue weighted by Gasteiger charge is -2.33. The molecule has 3 heterocycles. The van der Waals surface area contributed by atoms with Crippen LogP contribution < -0.4 is 20.9 Å². The van der Waals surface area contributed by atoms with Crippen LogP contribution in [-0.2, 0) is 0 Å². The molecule has 3 aliphatic rings. The molecular formula is C36H54N10O2. The number of likely N-dealkylation sites (tertiary alicyclic amines) is 1. The first-order valence-electron chi connectivity index (χ1n) is 17.4. The minimum atomic E-state index is -0.322. The Hall–Kier alpha value is -4.03. The summed E-state index contributed by atoms with van der Waals surface area (Å²) >= 11 is 0. The van der Waals surface area contributed by atoms with Gasteiger partial charge in [-0.3, -0.25) is 30.6 Å². The number of carbonyl (C=O) groups excluding carboxylic acids is 1. The lowest BCUT2D eigenvalue weighted by molar-refractivity contribution is 0.157. The second-order valence-corrected chi connectivity index (χ2v) is 14.3. The first-order valence-corrected chi connectivity index (χ1v) is 17.4. The van der Waals surface area contributed by atoms with Crippen molar-refractivity contribution in [1.82, 2.24) is 29.9 Å². The number of ether oxygens (including phenoxy) is 1. The summed E-state index contributed by atoms with van der Waals surface area (Å²) in [6.45, 7) is 13.2. The number of nitrogens with zero attached hydrogens (tertiary/aromatic N) is 5. The van der Waals surface area contributed by atoms with E-state index in [1.165, 1.54) is 6.42 Å². The van der Waals surface area contributed by atoms with Crippen LogP contribution in [0.5, 0.6) is 5.75 Å². The highest BCUT2D eigenvalue weighted by Gasteiger charge is 2.30. The standard InChI is InChI=1S/C36H54N10O2/c1-36(2,3)31(37)24-33(40-16-19-44-22-20-43(4)21-23-44)42-35(47)41-29-13-14-30(28-11-7-6-10-27(28)29)48-26-12-15-32(38)46(25-26)34(39)45-17-8-5-9-18-45/h6-7,10-12,15,25,29-30,37-39H,5,8-9,13-14,16-24H2,1-4H3,(H2,40,41,42,47). The number of amidine groups is 1. The zero-order valence-electron chi connectivity index (χ0n) is 29.1. The van der Waals surface area contributed by atoms with Crippen molar-refractivity contribution in [3.05, 3.63) is 59.2 Å². The van der Waals surface area contributed by atoms with Crippen LogP contribution in [0.25, 0.3) is 0 Å². The molecule has 2 amide bonds. The van der Waals surface area contributed by atoms with Gasteiger partial charge in [0.05, 0.1) is 18.8 Å². The Balaban J connectivity index is 1.24. The van der Waals surface area contributed by atoms with E-state index < -0.39 is 0 Å². The van der Waals surface area contributed by atoms with Crippen molar-refractivity contribution in [2.75, 3.05) is 59.4 Å². The van der Waals surface area contributed by atoms with Crippen molar-refractivity contribution in [2.24, 2.45) is 10.4 Å². The third kappa shape index (κ3) is 9.31. The number of piperidine rings is 1. The fourth-order valence-corrected chi connectivity index (χ4v) is 6.47. The lowest BCUT2D eigenvalue weighted by atomic mass is 9.85. The van der Waals surface area contributed by atoms with Crippen LogP contribution >= 0.6 is 0 Å². The summed E-state index contributed by atoms with van der Waals surface area (Å²) in [5.41, 5.74) is 2.47. The lowest BCUT2D eigenvalue weighted by Crippen LogP contribution is -2.46. The maximum Gasteiger partial charge on any atom is 0.320 e. The van der Waals surface area contributed by atoms with E-state index in [2.05, 4.69) is 27.5 Å². The number of likely N-dealkylation sites (N-methyl/N-ethyl adjacent to an activating group) is 1. The van der Waals surface area contributed by atoms with E-state index in [1.54, 1.807) is 22.9 Å². The van der Waals surface area contributed by atoms with Crippen LogP contribution in [0.3, 0.4) is 0 Å². The van der Waals surface area contributed by atoms with Crippen molar-refractivity contribution in [2.45, 2.75) is 71.4 Å². The van der Waals surface area contributed by atoms with E-state index >= 15 is 0 Å². The highest BCUT2D eigenvalue weighted by Crippen LogP contribution is 2.38. The number of hydrogen-bond donors (Lipinski definition) is 5. The number of amides is 2. The molecule has 260 valence electrons. The number of piperazine rings is 1. The summed E-state index contributed by atoms with van der Waals surface area (Å²) in [7, 11) is 2.14. The molecule has 2 unspecified atom stereocenters. The van der Waals surface area contributed by atoms with Gasteiger partial charge in [0.1, 0.15) is 23.2 Å². The van der Waals surface area contributed by atoms with Gasteiger partial charge in [-0.05, 0) is 67.8 Å². The van der Waals surface area contributed by atoms with Gasteiger partial charge in [-0.2, -0.15) is 0 Å². The number of pyridine rings is 1. The van der Waals surface area contributed by atoms with Crippen LogP contribution in [0.2, 0.25) is 0 Å². The number of nitrogens with one attached hydrogen (secondary N) is 5. The number of urea groups is 1. The molecule has 0 spiro atoms. The second-order valence-electron chi connectivity index (χ2n) is 14.3. The molecule has 2 aromatic rings. The van der Waals surface area contributed by atoms with Gasteiger partial charge >= 0.3 is 6.03 Å². The Morgan fingerprint density at radius 1 is 0.958 bits per heavy atom. The fourth-order valence-electron chi connectivity index (χ4n) is 6.47. The van der Waals surface area contributed by atoms with Crippen molar-refractivity contribution < 1.29 is 9.53 Å². The molecule has 1 aromatic heterocycles. The average Bonchev–Trinajstić information content (AvgIpc) is 3.07. The van der Waals surface area contributed by atoms with Crippen LogP contribution in [-0.4, -0.2) is 102 Å². The van der Waals surface area contributed by atoms with Gasteiger partial charge in [0, 0.05) is 57.9 Å². The largest absolute Gasteiger partial charge is 0.484 e. The monoisotopic (exact) mass is 658 g/mol. The number of aliphatic imine (C=N–C) groups is 1. The van der Waals surface area contributed by atoms with Crippen molar-refractivity contribution in [1.29, 1.82) is 16.2 Å². The number of aromatic nitrogens is 1. The highest BCUT2D eigenvalue weighted by atomic mass is 16.5. The van der Waals surface area contributed by atoms with E-state index in [-0.39, 0.29) is 29.1 Å². The minimum Gasteiger partial charge on any atom is -0.484 e. The molecule has 48 heavy (non-hydrogen) atoms. The Morgan fingerprint density at radius 2 is 1.67 bits per heavy atom. The molecule has 12 heteroatoms. The van der Waals surface area contributed by atoms with Crippen LogP contribution in [0.1, 0.15) is 82.6 Å². The summed E-state index contributed by atoms with van der Waals surface area (Å²) in [4.78, 5) is 25.0. The van der Waals surface area contributed by atoms with Gasteiger partial charge in [0.15, 0.2) is 0 Å². The highest BCUT2D eigenvalue weighted by molar-refractivity contribution is 6.09. The van der Waals surface area contributed by atoms with Crippen LogP contribution in [0.4, 0.5) is 4.79 Å². The fraction of sp³-hybridized carbons (Fsp3) is 0.583. The van der Waals surface area contributed by atoms with E-state index in [0.717, 1.165) is 69.8 Å². The van der Waals surface area contributed by atoms with Gasteiger partial charge in [0.2, 0.25) is 5.96 Å². The molecule has 2 saturated heterocycles. The number of hydrogen-bond acceptors (Lipinski definition) is 8. The zero-order chi connectivity index (χ0) is 34.3. The molecule has 1 aliphatic carbocycles. The topological polar surface area (TPSA) is 149 Å². The maximum absolute atomic E-state index is 13.4. The molecule has 2 aliphatic heterocycles. The van der Waals surface area contributed by atoms with Crippen molar-refractivity contribution >= 4 is 23.5 Å². The molecule has 2 atom stereocenters. The molecule has 12 nitrogen and oxygen atoms in total. The summed E-state index contributed by atoms with van der Waals surface area (Å²) in [5.74, 6) is 1.44. The van der Waals surface area contributed by atoms with Gasteiger partial charge in [-0.1, -0.05) is 45.0 Å². The number of rotatable bonds is 8. The molecule has 5 rings (SSSR count). The summed E-state index contributed by atoms with van der Waals surface area (Å²) in [6.07, 6.45) is 6.49. The first kappa shape index (κ1) is 35.3. The Kier molecular flexibility index (Phi) is 11.7. The van der Waals surface area contributed by atoms with Gasteiger partial charge in [-0.25, -0.2) is 4.79 Å². The maximum atomic E-state index is 13.4. The SMILES string of the molecule is CN1CCN(CCN=C(CC(=N)C(C)(C)C)NC(=O)NC2CCC(Oc3ccc(=N)n(C(=N)N4CCCCC4)c3)c3ccccc32)CC1. The predicted octanol–water partition coefficient (Wildman–Crippen LogP) is 4.59. The third-order valence-corrected chi connectivity index (χ3v) is 9.65. The number of fused-ring (bicyclic) bond motifs is 1. The van der Waals surface area contributed by atoms with Crippen LogP contribution in [0.15, 0.2) is 47.6 Å². The Labute approximate surface area is 285 Å². The Morgan fingerprint density at radius 3 is 2.38 bits per heavy atom. The number of carbonyl (C=O) groups is 1. The van der Waals surface area contributed by atoms with E-state index in [9.17, 15) is 4.79 Å². The van der Waals surface area contributed by atoms with Crippen LogP contribution in [0, 0.1) is 21.6 Å². The number of benzene rings is 1. The summed E-state index contributed by atoms with van der Waals surface area (Å²) in [5, 5.41) is 32.0. The Bertz CT molecular complexity index is 1530. The van der Waals surface area contributed by atoms with E-state index in [4.69, 9.17) is 26.0 Å². The summed E-state index contributed by atoms with van der Waals surface area (Å²) in [6, 6.07) is 11.0. The molecule has 1 aromatic carbocycles. The normalized spacial score (nSPS) is 20.9. The van der Waals surface area contributed by atoms with Crippen molar-refractivity contribution in [3.63, 3.8) is 0 Å². The second kappa shape index (κ2) is 15.9. The average molecular weight is 659 g/mol. The molecule has 5 N–H and O–H groups in total. The third-order valence-electron chi connectivity index (χ3n) is 9.65. The molecular weight excluding hydrogens is 604 g/mol. The van der Waals surface area contributed by atoms with Gasteiger partial charge in [-0.15, -0.1) is 0 Å². The van der Waals surface area contributed by atoms with Gasteiger partial charge in [0.25, 0.3) is 0 Å². The molecule has 0 saturated carbocycles. The first-order chi connectivity index (χ1) is 23.0. The molecule has 0 radical (unpaired) electrons. The minimum absolute atomic E-state index is 0.206. The smallest absolute Gasteiger partial charge is 0.320 e. The van der Waals surface area contributed by atoms with E-state index in [0.29, 0.717) is 49.1 Å². The van der Waals surface area contributed by atoms with E-state index in [1.807, 2.05) is 49.9 Å². The summed E-state index contributed by atoms with van der Waals surface area (Å²) < 4.78 is 8.10. The predicted molar refractivity (Wildman–Crippen MR) is 190 cm³/mol. The quantitative estimate of drug-likeness (QED) is 0.208. The van der Waals surface area contributed by atoms with Crippen molar-refractivity contribution in [3.8, 4) is 5.75 Å². The molecule has 2 fully saturated rings. The van der Waals surface area contributed by atoms with Gasteiger partial charge < -0.3 is 25.3 Å².